The fourth-order valence-corrected chi connectivity index (χ4v) is 1.41. The van der Waals surface area contributed by atoms with Crippen molar-refractivity contribution in [2.45, 2.75) is 6.54 Å². The van der Waals surface area contributed by atoms with E-state index in [9.17, 15) is 0 Å². The van der Waals surface area contributed by atoms with Crippen LogP contribution in [0.2, 0.25) is 0 Å². The molecule has 3 heteroatoms. The van der Waals surface area contributed by atoms with Gasteiger partial charge in [-0.3, -0.25) is 0 Å². The molecule has 0 spiro atoms. The van der Waals surface area contributed by atoms with Gasteiger partial charge in [0.2, 0.25) is 0 Å². The zero-order valence-electron chi connectivity index (χ0n) is 10.2. The summed E-state index contributed by atoms with van der Waals surface area (Å²) in [4.78, 5) is 0. The van der Waals surface area contributed by atoms with Crippen molar-refractivity contribution < 1.29 is 9.47 Å². The van der Waals surface area contributed by atoms with E-state index in [0.717, 1.165) is 30.2 Å². The molecule has 0 aliphatic rings. The smallest absolute Gasteiger partial charge is 0.161 e. The zero-order valence-corrected chi connectivity index (χ0v) is 10.2. The lowest BCUT2D eigenvalue weighted by molar-refractivity contribution is 0.326. The summed E-state index contributed by atoms with van der Waals surface area (Å²) in [6.07, 6.45) is 3.54. The van der Waals surface area contributed by atoms with E-state index < -0.39 is 0 Å². The van der Waals surface area contributed by atoms with E-state index in [1.165, 1.54) is 0 Å². The number of rotatable bonds is 8. The van der Waals surface area contributed by atoms with Gasteiger partial charge in [-0.1, -0.05) is 24.8 Å². The van der Waals surface area contributed by atoms with E-state index in [4.69, 9.17) is 9.47 Å². The summed E-state index contributed by atoms with van der Waals surface area (Å²) in [6.45, 7) is 9.32. The van der Waals surface area contributed by atoms with Crippen LogP contribution in [-0.4, -0.2) is 20.3 Å². The first kappa shape index (κ1) is 13.3. The number of hydrogen-bond acceptors (Lipinski definition) is 3. The third kappa shape index (κ3) is 4.33. The van der Waals surface area contributed by atoms with E-state index >= 15 is 0 Å². The summed E-state index contributed by atoms with van der Waals surface area (Å²) in [5.74, 6) is 1.48. The topological polar surface area (TPSA) is 30.5 Å². The second-order valence-electron chi connectivity index (χ2n) is 3.50. The maximum Gasteiger partial charge on any atom is 0.161 e. The number of ether oxygens (including phenoxy) is 2. The fourth-order valence-electron chi connectivity index (χ4n) is 1.41. The van der Waals surface area contributed by atoms with Crippen LogP contribution in [0.3, 0.4) is 0 Å². The first-order chi connectivity index (χ1) is 8.31. The van der Waals surface area contributed by atoms with Gasteiger partial charge in [0.15, 0.2) is 11.5 Å². The van der Waals surface area contributed by atoms with Crippen LogP contribution >= 0.6 is 0 Å². The summed E-state index contributed by atoms with van der Waals surface area (Å²) >= 11 is 0. The summed E-state index contributed by atoms with van der Waals surface area (Å²) < 4.78 is 10.8. The van der Waals surface area contributed by atoms with Gasteiger partial charge < -0.3 is 14.8 Å². The molecule has 0 fully saturated rings. The maximum absolute atomic E-state index is 5.48. The Bertz CT molecular complexity index is 374. The van der Waals surface area contributed by atoms with Gasteiger partial charge in [-0.25, -0.2) is 0 Å². The minimum atomic E-state index is 0.477. The fraction of sp³-hybridized carbons (Fsp3) is 0.286. The van der Waals surface area contributed by atoms with Crippen LogP contribution in [0.5, 0.6) is 11.5 Å². The lowest BCUT2D eigenvalue weighted by Crippen LogP contribution is -2.12. The molecule has 0 bridgehead atoms. The molecule has 0 aliphatic carbocycles. The van der Waals surface area contributed by atoms with Crippen molar-refractivity contribution in [1.82, 2.24) is 5.32 Å². The SMILES string of the molecule is C=CCNCc1ccc(OCC=C)c(OC)c1. The first-order valence-corrected chi connectivity index (χ1v) is 5.54. The van der Waals surface area contributed by atoms with E-state index in [1.54, 1.807) is 13.2 Å². The van der Waals surface area contributed by atoms with E-state index in [2.05, 4.69) is 18.5 Å². The van der Waals surface area contributed by atoms with Crippen molar-refractivity contribution in [2.24, 2.45) is 0 Å². The zero-order chi connectivity index (χ0) is 12.5. The van der Waals surface area contributed by atoms with Crippen molar-refractivity contribution in [2.75, 3.05) is 20.3 Å². The third-order valence-corrected chi connectivity index (χ3v) is 2.20. The highest BCUT2D eigenvalue weighted by molar-refractivity contribution is 5.43. The Morgan fingerprint density at radius 1 is 1.24 bits per heavy atom. The molecule has 0 unspecified atom stereocenters. The summed E-state index contributed by atoms with van der Waals surface area (Å²) in [6, 6.07) is 5.89. The highest BCUT2D eigenvalue weighted by Crippen LogP contribution is 2.27. The lowest BCUT2D eigenvalue weighted by Gasteiger charge is -2.11. The summed E-state index contributed by atoms with van der Waals surface area (Å²) in [7, 11) is 1.64. The van der Waals surface area contributed by atoms with Crippen LogP contribution in [-0.2, 0) is 6.54 Å². The number of methoxy groups -OCH3 is 1. The molecular formula is C14H19NO2. The Kier molecular flexibility index (Phi) is 5.89. The molecule has 0 saturated carbocycles. The number of hydrogen-bond donors (Lipinski definition) is 1. The van der Waals surface area contributed by atoms with Crippen molar-refractivity contribution in [1.29, 1.82) is 0 Å². The van der Waals surface area contributed by atoms with Crippen LogP contribution in [0.4, 0.5) is 0 Å². The van der Waals surface area contributed by atoms with Gasteiger partial charge in [-0.2, -0.15) is 0 Å². The lowest BCUT2D eigenvalue weighted by atomic mass is 10.2. The molecule has 3 nitrogen and oxygen atoms in total. The normalized spacial score (nSPS) is 9.71. The average molecular weight is 233 g/mol. The Balaban J connectivity index is 2.69. The molecule has 0 radical (unpaired) electrons. The van der Waals surface area contributed by atoms with Crippen LogP contribution < -0.4 is 14.8 Å². The van der Waals surface area contributed by atoms with Crippen LogP contribution in [0, 0.1) is 0 Å². The molecular weight excluding hydrogens is 214 g/mol. The monoisotopic (exact) mass is 233 g/mol. The third-order valence-electron chi connectivity index (χ3n) is 2.20. The predicted octanol–water partition coefficient (Wildman–Crippen LogP) is 2.54. The molecule has 1 aromatic rings. The van der Waals surface area contributed by atoms with Gasteiger partial charge in [-0.05, 0) is 17.7 Å². The molecule has 0 amide bonds. The van der Waals surface area contributed by atoms with Crippen molar-refractivity contribution in [3.63, 3.8) is 0 Å². The molecule has 92 valence electrons. The first-order valence-electron chi connectivity index (χ1n) is 5.54. The maximum atomic E-state index is 5.48. The van der Waals surface area contributed by atoms with Gasteiger partial charge in [0.05, 0.1) is 7.11 Å². The predicted molar refractivity (Wildman–Crippen MR) is 70.6 cm³/mol. The molecule has 1 N–H and O–H groups in total. The van der Waals surface area contributed by atoms with Crippen LogP contribution in [0.1, 0.15) is 5.56 Å². The molecule has 17 heavy (non-hydrogen) atoms. The number of benzene rings is 1. The Morgan fingerprint density at radius 3 is 2.71 bits per heavy atom. The summed E-state index contributed by atoms with van der Waals surface area (Å²) in [5.41, 5.74) is 1.15. The molecule has 0 atom stereocenters. The Labute approximate surface area is 103 Å². The van der Waals surface area contributed by atoms with E-state index in [-0.39, 0.29) is 0 Å². The van der Waals surface area contributed by atoms with E-state index in [0.29, 0.717) is 6.61 Å². The van der Waals surface area contributed by atoms with Crippen molar-refractivity contribution in [3.05, 3.63) is 49.1 Å². The van der Waals surface area contributed by atoms with Crippen LogP contribution in [0.25, 0.3) is 0 Å². The highest BCUT2D eigenvalue weighted by Gasteiger charge is 2.04. The molecule has 0 aromatic heterocycles. The second-order valence-corrected chi connectivity index (χ2v) is 3.50. The highest BCUT2D eigenvalue weighted by atomic mass is 16.5. The van der Waals surface area contributed by atoms with Crippen molar-refractivity contribution in [3.8, 4) is 11.5 Å². The largest absolute Gasteiger partial charge is 0.493 e. The average Bonchev–Trinajstić information content (AvgIpc) is 2.37. The minimum Gasteiger partial charge on any atom is -0.493 e. The molecule has 1 aromatic carbocycles. The quantitative estimate of drug-likeness (QED) is 0.553. The second kappa shape index (κ2) is 7.52. The van der Waals surface area contributed by atoms with E-state index in [1.807, 2.05) is 24.3 Å². The van der Waals surface area contributed by atoms with Crippen molar-refractivity contribution >= 4 is 0 Å². The van der Waals surface area contributed by atoms with Gasteiger partial charge in [0.1, 0.15) is 6.61 Å². The molecule has 1 rings (SSSR count). The molecule has 0 heterocycles. The summed E-state index contributed by atoms with van der Waals surface area (Å²) in [5, 5.41) is 3.23. The number of nitrogens with one attached hydrogen (secondary N) is 1. The Hall–Kier alpha value is -1.74. The minimum absolute atomic E-state index is 0.477. The van der Waals surface area contributed by atoms with Crippen LogP contribution in [0.15, 0.2) is 43.5 Å². The molecule has 0 saturated heterocycles. The van der Waals surface area contributed by atoms with Gasteiger partial charge in [0.25, 0.3) is 0 Å². The van der Waals surface area contributed by atoms with Gasteiger partial charge in [0, 0.05) is 13.1 Å². The Morgan fingerprint density at radius 2 is 2.06 bits per heavy atom. The van der Waals surface area contributed by atoms with Gasteiger partial charge >= 0.3 is 0 Å². The van der Waals surface area contributed by atoms with Gasteiger partial charge in [-0.15, -0.1) is 6.58 Å². The standard InChI is InChI=1S/C14H19NO2/c1-4-8-15-11-12-6-7-13(17-9-5-2)14(10-12)16-3/h4-7,10,15H,1-2,8-9,11H2,3H3. The molecule has 0 aliphatic heterocycles.